The van der Waals surface area contributed by atoms with Crippen molar-refractivity contribution >= 4 is 5.97 Å². The molecule has 1 aliphatic heterocycles. The molecule has 0 radical (unpaired) electrons. The highest BCUT2D eigenvalue weighted by atomic mass is 19.1. The van der Waals surface area contributed by atoms with E-state index >= 15 is 0 Å². The normalized spacial score (nSPS) is 17.8. The molecule has 1 fully saturated rings. The molecule has 1 atom stereocenters. The first-order valence-corrected chi connectivity index (χ1v) is 7.67. The van der Waals surface area contributed by atoms with Crippen molar-refractivity contribution in [3.8, 4) is 11.5 Å². The van der Waals surface area contributed by atoms with E-state index in [1.807, 2.05) is 12.1 Å². The largest absolute Gasteiger partial charge is 0.481 e. The molecule has 1 heterocycles. The summed E-state index contributed by atoms with van der Waals surface area (Å²) < 4.78 is 31.7. The second-order valence-corrected chi connectivity index (χ2v) is 5.91. The average Bonchev–Trinajstić information content (AvgIpc) is 2.97. The lowest BCUT2D eigenvalue weighted by molar-refractivity contribution is -0.141. The molecule has 4 nitrogen and oxygen atoms in total. The van der Waals surface area contributed by atoms with Gasteiger partial charge in [-0.25, -0.2) is 8.78 Å². The Balaban J connectivity index is 1.60. The van der Waals surface area contributed by atoms with Crippen LogP contribution in [0.5, 0.6) is 11.5 Å². The highest BCUT2D eigenvalue weighted by Gasteiger charge is 2.27. The zero-order valence-corrected chi connectivity index (χ0v) is 12.9. The number of aliphatic carboxylic acids is 1. The predicted molar refractivity (Wildman–Crippen MR) is 83.9 cm³/mol. The van der Waals surface area contributed by atoms with Crippen LogP contribution in [0.15, 0.2) is 42.5 Å². The van der Waals surface area contributed by atoms with Gasteiger partial charge in [0.2, 0.25) is 0 Å². The Labute approximate surface area is 138 Å². The van der Waals surface area contributed by atoms with Crippen LogP contribution in [0.4, 0.5) is 8.78 Å². The molecule has 0 aliphatic carbocycles. The highest BCUT2D eigenvalue weighted by Crippen LogP contribution is 2.25. The minimum absolute atomic E-state index is 0.101. The number of ether oxygens (including phenoxy) is 1. The molecular formula is C18H17F2NO3. The summed E-state index contributed by atoms with van der Waals surface area (Å²) in [7, 11) is 0. The molecule has 1 aliphatic rings. The van der Waals surface area contributed by atoms with E-state index in [0.29, 0.717) is 25.3 Å². The highest BCUT2D eigenvalue weighted by molar-refractivity contribution is 5.70. The lowest BCUT2D eigenvalue weighted by Crippen LogP contribution is -2.22. The molecule has 0 aromatic heterocycles. The summed E-state index contributed by atoms with van der Waals surface area (Å²) in [5.41, 5.74) is 1.03. The predicted octanol–water partition coefficient (Wildman–Crippen LogP) is 3.66. The van der Waals surface area contributed by atoms with Crippen LogP contribution in [-0.4, -0.2) is 29.1 Å². The van der Waals surface area contributed by atoms with E-state index < -0.39 is 17.6 Å². The summed E-state index contributed by atoms with van der Waals surface area (Å²) in [5.74, 6) is -1.84. The van der Waals surface area contributed by atoms with Gasteiger partial charge in [-0.2, -0.15) is 0 Å². The maximum Gasteiger partial charge on any atom is 0.307 e. The zero-order valence-electron chi connectivity index (χ0n) is 12.9. The quantitative estimate of drug-likeness (QED) is 0.907. The van der Waals surface area contributed by atoms with Crippen molar-refractivity contribution in [2.45, 2.75) is 13.0 Å². The van der Waals surface area contributed by atoms with Gasteiger partial charge in [-0.1, -0.05) is 12.1 Å². The molecule has 1 unspecified atom stereocenters. The van der Waals surface area contributed by atoms with Crippen molar-refractivity contribution in [1.82, 2.24) is 4.90 Å². The number of nitrogens with zero attached hydrogens (tertiary/aromatic N) is 1. The summed E-state index contributed by atoms with van der Waals surface area (Å²) >= 11 is 0. The Bertz CT molecular complexity index is 713. The molecular weight excluding hydrogens is 316 g/mol. The van der Waals surface area contributed by atoms with Crippen LogP contribution in [0.3, 0.4) is 0 Å². The molecule has 0 bridgehead atoms. The molecule has 126 valence electrons. The topological polar surface area (TPSA) is 49.8 Å². The van der Waals surface area contributed by atoms with Crippen LogP contribution < -0.4 is 4.74 Å². The van der Waals surface area contributed by atoms with Crippen LogP contribution in [0.1, 0.15) is 12.0 Å². The standard InChI is InChI=1S/C18H17F2NO3/c19-14-7-15(20)9-17(8-14)24-16-3-1-12(2-4-16)10-21-6-5-13(11-21)18(22)23/h1-4,7-9,13H,5-6,10-11H2,(H,22,23). The van der Waals surface area contributed by atoms with Crippen molar-refractivity contribution in [2.75, 3.05) is 13.1 Å². The summed E-state index contributed by atoms with van der Waals surface area (Å²) in [6.07, 6.45) is 0.668. The van der Waals surface area contributed by atoms with E-state index in [-0.39, 0.29) is 11.7 Å². The molecule has 1 N–H and O–H groups in total. The SMILES string of the molecule is O=C(O)C1CCN(Cc2ccc(Oc3cc(F)cc(F)c3)cc2)C1. The third-order valence-corrected chi connectivity index (χ3v) is 4.02. The van der Waals surface area contributed by atoms with Crippen molar-refractivity contribution in [3.05, 3.63) is 59.7 Å². The van der Waals surface area contributed by atoms with Crippen molar-refractivity contribution < 1.29 is 23.4 Å². The number of carbonyl (C=O) groups is 1. The first-order chi connectivity index (χ1) is 11.5. The molecule has 0 spiro atoms. The Hall–Kier alpha value is -2.47. The number of carboxylic acids is 1. The number of carboxylic acid groups (broad SMARTS) is 1. The first-order valence-electron chi connectivity index (χ1n) is 7.67. The molecule has 2 aromatic carbocycles. The molecule has 1 saturated heterocycles. The number of hydrogen-bond donors (Lipinski definition) is 1. The number of hydrogen-bond acceptors (Lipinski definition) is 3. The van der Waals surface area contributed by atoms with Crippen molar-refractivity contribution in [1.29, 1.82) is 0 Å². The smallest absolute Gasteiger partial charge is 0.307 e. The lowest BCUT2D eigenvalue weighted by Gasteiger charge is -2.15. The van der Waals surface area contributed by atoms with Gasteiger partial charge in [0.05, 0.1) is 5.92 Å². The van der Waals surface area contributed by atoms with Crippen molar-refractivity contribution in [2.24, 2.45) is 5.92 Å². The van der Waals surface area contributed by atoms with E-state index in [1.54, 1.807) is 12.1 Å². The number of benzene rings is 2. The van der Waals surface area contributed by atoms with Gasteiger partial charge in [-0.15, -0.1) is 0 Å². The van der Waals surface area contributed by atoms with Gasteiger partial charge in [-0.3, -0.25) is 9.69 Å². The maximum atomic E-state index is 13.1. The lowest BCUT2D eigenvalue weighted by atomic mass is 10.1. The number of likely N-dealkylation sites (tertiary alicyclic amines) is 1. The van der Waals surface area contributed by atoms with E-state index in [0.717, 1.165) is 30.3 Å². The molecule has 2 aromatic rings. The van der Waals surface area contributed by atoms with Crippen LogP contribution in [0.2, 0.25) is 0 Å². The fraction of sp³-hybridized carbons (Fsp3) is 0.278. The fourth-order valence-electron chi connectivity index (χ4n) is 2.82. The maximum absolute atomic E-state index is 13.1. The Kier molecular flexibility index (Phi) is 4.76. The van der Waals surface area contributed by atoms with Gasteiger partial charge >= 0.3 is 5.97 Å². The van der Waals surface area contributed by atoms with Gasteiger partial charge in [-0.05, 0) is 30.7 Å². The summed E-state index contributed by atoms with van der Waals surface area (Å²) in [4.78, 5) is 13.1. The average molecular weight is 333 g/mol. The third kappa shape index (κ3) is 4.08. The molecule has 3 rings (SSSR count). The zero-order chi connectivity index (χ0) is 17.1. The Morgan fingerprint density at radius 3 is 2.38 bits per heavy atom. The Morgan fingerprint density at radius 1 is 1.12 bits per heavy atom. The van der Waals surface area contributed by atoms with Gasteiger partial charge in [0.15, 0.2) is 0 Å². The monoisotopic (exact) mass is 333 g/mol. The third-order valence-electron chi connectivity index (χ3n) is 4.02. The minimum atomic E-state index is -0.747. The van der Waals surface area contributed by atoms with E-state index in [4.69, 9.17) is 9.84 Å². The summed E-state index contributed by atoms with van der Waals surface area (Å²) in [5, 5.41) is 9.02. The van der Waals surface area contributed by atoms with Crippen LogP contribution in [-0.2, 0) is 11.3 Å². The van der Waals surface area contributed by atoms with Gasteiger partial charge in [0.25, 0.3) is 0 Å². The first kappa shape index (κ1) is 16.4. The molecule has 0 amide bonds. The summed E-state index contributed by atoms with van der Waals surface area (Å²) in [6.45, 7) is 1.98. The van der Waals surface area contributed by atoms with E-state index in [9.17, 15) is 13.6 Å². The molecule has 24 heavy (non-hydrogen) atoms. The second-order valence-electron chi connectivity index (χ2n) is 5.91. The van der Waals surface area contributed by atoms with E-state index in [1.165, 1.54) is 0 Å². The van der Waals surface area contributed by atoms with Crippen LogP contribution in [0.25, 0.3) is 0 Å². The van der Waals surface area contributed by atoms with Crippen LogP contribution in [0, 0.1) is 17.6 Å². The fourth-order valence-corrected chi connectivity index (χ4v) is 2.82. The Morgan fingerprint density at radius 2 is 1.79 bits per heavy atom. The minimum Gasteiger partial charge on any atom is -0.481 e. The van der Waals surface area contributed by atoms with E-state index in [2.05, 4.69) is 4.90 Å². The molecule has 0 saturated carbocycles. The van der Waals surface area contributed by atoms with Gasteiger partial charge < -0.3 is 9.84 Å². The number of rotatable bonds is 5. The molecule has 6 heteroatoms. The number of halogens is 2. The van der Waals surface area contributed by atoms with Crippen molar-refractivity contribution in [3.63, 3.8) is 0 Å². The van der Waals surface area contributed by atoms with Crippen LogP contribution >= 0.6 is 0 Å². The summed E-state index contributed by atoms with van der Waals surface area (Å²) in [6, 6.07) is 10.2. The van der Waals surface area contributed by atoms with Gasteiger partial charge in [0, 0.05) is 31.3 Å². The van der Waals surface area contributed by atoms with Gasteiger partial charge in [0.1, 0.15) is 23.1 Å². The second kappa shape index (κ2) is 6.97.